The van der Waals surface area contributed by atoms with Crippen LogP contribution in [-0.4, -0.2) is 20.4 Å². The van der Waals surface area contributed by atoms with Gasteiger partial charge in [-0.25, -0.2) is 4.98 Å². The van der Waals surface area contributed by atoms with Gasteiger partial charge in [0.1, 0.15) is 5.82 Å². The maximum atomic E-state index is 6.11. The van der Waals surface area contributed by atoms with Crippen LogP contribution < -0.4 is 11.2 Å². The van der Waals surface area contributed by atoms with E-state index in [9.17, 15) is 0 Å². The second kappa shape index (κ2) is 8.51. The summed E-state index contributed by atoms with van der Waals surface area (Å²) in [5, 5.41) is 5.12. The molecule has 4 rings (SSSR count). The Morgan fingerprint density at radius 3 is 2.59 bits per heavy atom. The minimum atomic E-state index is 0.150. The van der Waals surface area contributed by atoms with Gasteiger partial charge in [0.15, 0.2) is 5.11 Å². The van der Waals surface area contributed by atoms with E-state index >= 15 is 0 Å². The Bertz CT molecular complexity index is 1060. The molecule has 1 aliphatic rings. The summed E-state index contributed by atoms with van der Waals surface area (Å²) in [5.74, 6) is 0.997. The van der Waals surface area contributed by atoms with Crippen molar-refractivity contribution in [2.24, 2.45) is 10.8 Å². The molecule has 1 fully saturated rings. The van der Waals surface area contributed by atoms with Gasteiger partial charge >= 0.3 is 0 Å². The summed E-state index contributed by atoms with van der Waals surface area (Å²) in [6, 6.07) is 14.7. The number of halogens is 1. The summed E-state index contributed by atoms with van der Waals surface area (Å²) in [5.41, 5.74) is 13.1. The number of aromatic nitrogens is 2. The Balaban J connectivity index is 1.82. The molecule has 0 saturated heterocycles. The molecule has 0 unspecified atom stereocenters. The van der Waals surface area contributed by atoms with E-state index < -0.39 is 0 Å². The van der Waals surface area contributed by atoms with Gasteiger partial charge in [-0.15, -0.1) is 0 Å². The van der Waals surface area contributed by atoms with E-state index in [-0.39, 0.29) is 5.11 Å². The standard InChI is InChI=1S/C22H24ClN5S/c1-14(26-27-22(24)29)16-9-12-20-19(13-16)25-21(15-7-10-17(23)11-8-15)28(20)18-5-3-2-4-6-18/h7-13,18H,2-6H2,1H3,(H3,24,27,29)/b26-14+. The summed E-state index contributed by atoms with van der Waals surface area (Å²) in [6.45, 7) is 1.92. The summed E-state index contributed by atoms with van der Waals surface area (Å²) >= 11 is 10.9. The number of nitrogens with zero attached hydrogens (tertiary/aromatic N) is 3. The predicted octanol–water partition coefficient (Wildman–Crippen LogP) is 5.42. The highest BCUT2D eigenvalue weighted by atomic mass is 35.5. The molecule has 7 heteroatoms. The number of imidazole rings is 1. The highest BCUT2D eigenvalue weighted by Gasteiger charge is 2.22. The molecular weight excluding hydrogens is 402 g/mol. The number of hydrogen-bond acceptors (Lipinski definition) is 3. The first-order chi connectivity index (χ1) is 14.0. The fraction of sp³-hybridized carbons (Fsp3) is 0.318. The quantitative estimate of drug-likeness (QED) is 0.332. The number of rotatable bonds is 4. The molecule has 0 amide bonds. The van der Waals surface area contributed by atoms with E-state index in [2.05, 4.69) is 33.3 Å². The first-order valence-electron chi connectivity index (χ1n) is 9.91. The molecule has 0 atom stereocenters. The lowest BCUT2D eigenvalue weighted by molar-refractivity contribution is 0.362. The molecule has 1 aromatic heterocycles. The zero-order chi connectivity index (χ0) is 20.4. The van der Waals surface area contributed by atoms with Gasteiger partial charge in [-0.05, 0) is 73.9 Å². The molecule has 150 valence electrons. The Morgan fingerprint density at radius 1 is 1.17 bits per heavy atom. The van der Waals surface area contributed by atoms with Gasteiger partial charge in [0.25, 0.3) is 0 Å². The van der Waals surface area contributed by atoms with Crippen LogP contribution in [0.1, 0.15) is 50.6 Å². The molecule has 1 saturated carbocycles. The highest BCUT2D eigenvalue weighted by molar-refractivity contribution is 7.80. The number of hydrazone groups is 1. The molecule has 3 N–H and O–H groups in total. The average Bonchev–Trinajstić information content (AvgIpc) is 3.11. The Labute approximate surface area is 181 Å². The highest BCUT2D eigenvalue weighted by Crippen LogP contribution is 2.36. The minimum absolute atomic E-state index is 0.150. The third-order valence-electron chi connectivity index (χ3n) is 5.48. The van der Waals surface area contributed by atoms with E-state index in [1.54, 1.807) is 0 Å². The second-order valence-electron chi connectivity index (χ2n) is 7.48. The molecule has 0 aliphatic heterocycles. The van der Waals surface area contributed by atoms with E-state index in [0.717, 1.165) is 38.7 Å². The van der Waals surface area contributed by atoms with Crippen LogP contribution in [0.15, 0.2) is 47.6 Å². The van der Waals surface area contributed by atoms with Crippen molar-refractivity contribution in [1.29, 1.82) is 0 Å². The zero-order valence-corrected chi connectivity index (χ0v) is 17.9. The number of thiocarbonyl (C=S) groups is 1. The minimum Gasteiger partial charge on any atom is -0.375 e. The Kier molecular flexibility index (Phi) is 5.83. The van der Waals surface area contributed by atoms with Crippen molar-refractivity contribution in [2.75, 3.05) is 0 Å². The maximum Gasteiger partial charge on any atom is 0.184 e. The molecule has 29 heavy (non-hydrogen) atoms. The van der Waals surface area contributed by atoms with Gasteiger partial charge in [-0.3, -0.25) is 5.43 Å². The predicted molar refractivity (Wildman–Crippen MR) is 124 cm³/mol. The zero-order valence-electron chi connectivity index (χ0n) is 16.4. The summed E-state index contributed by atoms with van der Waals surface area (Å²) in [7, 11) is 0. The molecule has 3 aromatic rings. The average molecular weight is 426 g/mol. The van der Waals surface area contributed by atoms with Gasteiger partial charge in [-0.2, -0.15) is 5.10 Å². The van der Waals surface area contributed by atoms with Gasteiger partial charge in [0, 0.05) is 16.6 Å². The van der Waals surface area contributed by atoms with Gasteiger partial charge in [0.05, 0.1) is 16.7 Å². The lowest BCUT2D eigenvalue weighted by atomic mass is 9.94. The molecule has 1 aliphatic carbocycles. The topological polar surface area (TPSA) is 68.2 Å². The van der Waals surface area contributed by atoms with Crippen LogP contribution in [0.5, 0.6) is 0 Å². The molecular formula is C22H24ClN5S. The number of hydrogen-bond donors (Lipinski definition) is 2. The number of nitrogens with one attached hydrogen (secondary N) is 1. The van der Waals surface area contributed by atoms with Crippen molar-refractivity contribution in [2.45, 2.75) is 45.1 Å². The van der Waals surface area contributed by atoms with Crippen LogP contribution in [0.25, 0.3) is 22.4 Å². The third-order valence-corrected chi connectivity index (χ3v) is 5.83. The number of fused-ring (bicyclic) bond motifs is 1. The lowest BCUT2D eigenvalue weighted by Crippen LogP contribution is -2.25. The monoisotopic (exact) mass is 425 g/mol. The van der Waals surface area contributed by atoms with Crippen molar-refractivity contribution in [1.82, 2.24) is 15.0 Å². The maximum absolute atomic E-state index is 6.11. The Hall–Kier alpha value is -2.44. The van der Waals surface area contributed by atoms with Crippen molar-refractivity contribution in [3.05, 3.63) is 53.1 Å². The van der Waals surface area contributed by atoms with Crippen LogP contribution in [-0.2, 0) is 0 Å². The van der Waals surface area contributed by atoms with Crippen molar-refractivity contribution < 1.29 is 0 Å². The van der Waals surface area contributed by atoms with Crippen molar-refractivity contribution in [3.63, 3.8) is 0 Å². The molecule has 0 radical (unpaired) electrons. The van der Waals surface area contributed by atoms with E-state index in [0.29, 0.717) is 6.04 Å². The first kappa shape index (κ1) is 19.9. The summed E-state index contributed by atoms with van der Waals surface area (Å²) in [4.78, 5) is 5.02. The van der Waals surface area contributed by atoms with Crippen LogP contribution >= 0.6 is 23.8 Å². The third kappa shape index (κ3) is 4.28. The summed E-state index contributed by atoms with van der Waals surface area (Å²) < 4.78 is 2.42. The van der Waals surface area contributed by atoms with E-state index in [4.69, 9.17) is 34.5 Å². The largest absolute Gasteiger partial charge is 0.375 e. The fourth-order valence-electron chi connectivity index (χ4n) is 4.04. The summed E-state index contributed by atoms with van der Waals surface area (Å²) in [6.07, 6.45) is 6.21. The van der Waals surface area contributed by atoms with Crippen LogP contribution in [0, 0.1) is 0 Å². The van der Waals surface area contributed by atoms with Crippen LogP contribution in [0.3, 0.4) is 0 Å². The van der Waals surface area contributed by atoms with Crippen molar-refractivity contribution >= 4 is 45.7 Å². The number of nitrogens with two attached hydrogens (primary N) is 1. The van der Waals surface area contributed by atoms with Gasteiger partial charge in [0.2, 0.25) is 0 Å². The molecule has 0 spiro atoms. The van der Waals surface area contributed by atoms with Crippen LogP contribution in [0.2, 0.25) is 5.02 Å². The fourth-order valence-corrected chi connectivity index (χ4v) is 4.21. The lowest BCUT2D eigenvalue weighted by Gasteiger charge is -2.25. The first-order valence-corrected chi connectivity index (χ1v) is 10.7. The van der Waals surface area contributed by atoms with E-state index in [1.165, 1.54) is 32.1 Å². The molecule has 1 heterocycles. The van der Waals surface area contributed by atoms with Gasteiger partial charge < -0.3 is 10.3 Å². The second-order valence-corrected chi connectivity index (χ2v) is 8.36. The molecule has 5 nitrogen and oxygen atoms in total. The Morgan fingerprint density at radius 2 is 1.90 bits per heavy atom. The number of benzene rings is 2. The van der Waals surface area contributed by atoms with E-state index in [1.807, 2.05) is 31.2 Å². The smallest absolute Gasteiger partial charge is 0.184 e. The van der Waals surface area contributed by atoms with Gasteiger partial charge in [-0.1, -0.05) is 36.9 Å². The molecule has 0 bridgehead atoms. The molecule has 2 aromatic carbocycles. The van der Waals surface area contributed by atoms with Crippen molar-refractivity contribution in [3.8, 4) is 11.4 Å². The SMILES string of the molecule is C/C(=N\NC(N)=S)c1ccc2c(c1)nc(-c1ccc(Cl)cc1)n2C1CCCCC1. The van der Waals surface area contributed by atoms with Crippen LogP contribution in [0.4, 0.5) is 0 Å². The normalized spacial score (nSPS) is 15.6.